The lowest BCUT2D eigenvalue weighted by Gasteiger charge is -2.32. The molecule has 0 spiro atoms. The molecule has 1 unspecified atom stereocenters. The minimum atomic E-state index is -3.69. The number of carboxylic acids is 1. The molecule has 0 bridgehead atoms. The first kappa shape index (κ1) is 17.8. The predicted octanol–water partition coefficient (Wildman–Crippen LogP) is 0.300. The molecule has 2 N–H and O–H groups in total. The first-order chi connectivity index (χ1) is 11.9. The Morgan fingerprint density at radius 1 is 1.32 bits per heavy atom. The second-order valence-corrected chi connectivity index (χ2v) is 8.02. The number of nitrogens with zero attached hydrogens (tertiary/aromatic N) is 1. The summed E-state index contributed by atoms with van der Waals surface area (Å²) in [6.45, 7) is 0.705. The summed E-state index contributed by atoms with van der Waals surface area (Å²) in [5, 5.41) is 9.24. The highest BCUT2D eigenvalue weighted by Crippen LogP contribution is 2.28. The molecule has 9 heteroatoms. The summed E-state index contributed by atoms with van der Waals surface area (Å²) in [5.74, 6) is -1.28. The SMILES string of the molecule is O=C(O)C1COCCN1C(=O)c1cccc(S(=O)(=O)NCC2CC2)c1. The largest absolute Gasteiger partial charge is 0.480 e. The van der Waals surface area contributed by atoms with Gasteiger partial charge in [-0.25, -0.2) is 17.9 Å². The lowest BCUT2D eigenvalue weighted by molar-refractivity contribution is -0.147. The number of carbonyl (C=O) groups is 2. The summed E-state index contributed by atoms with van der Waals surface area (Å²) in [6, 6.07) is 4.59. The minimum absolute atomic E-state index is 0.000801. The van der Waals surface area contributed by atoms with Crippen molar-refractivity contribution in [3.63, 3.8) is 0 Å². The monoisotopic (exact) mass is 368 g/mol. The first-order valence-electron chi connectivity index (χ1n) is 8.10. The van der Waals surface area contributed by atoms with Gasteiger partial charge in [0.1, 0.15) is 0 Å². The van der Waals surface area contributed by atoms with Crippen molar-refractivity contribution in [2.45, 2.75) is 23.8 Å². The van der Waals surface area contributed by atoms with Crippen LogP contribution in [0.3, 0.4) is 0 Å². The van der Waals surface area contributed by atoms with Crippen LogP contribution < -0.4 is 4.72 Å². The molecule has 1 atom stereocenters. The van der Waals surface area contributed by atoms with Crippen LogP contribution in [-0.2, 0) is 19.6 Å². The number of aliphatic carboxylic acids is 1. The summed E-state index contributed by atoms with van der Waals surface area (Å²) in [5.41, 5.74) is 0.141. The minimum Gasteiger partial charge on any atom is -0.480 e. The van der Waals surface area contributed by atoms with Crippen molar-refractivity contribution in [3.8, 4) is 0 Å². The van der Waals surface area contributed by atoms with Crippen LogP contribution in [0.15, 0.2) is 29.2 Å². The highest BCUT2D eigenvalue weighted by Gasteiger charge is 2.33. The Kier molecular flexibility index (Phi) is 5.07. The number of carbonyl (C=O) groups excluding carboxylic acids is 1. The van der Waals surface area contributed by atoms with Crippen molar-refractivity contribution in [1.29, 1.82) is 0 Å². The molecule has 1 saturated carbocycles. The van der Waals surface area contributed by atoms with Gasteiger partial charge in [-0.05, 0) is 37.0 Å². The molecule has 25 heavy (non-hydrogen) atoms. The molecule has 2 fully saturated rings. The number of nitrogens with one attached hydrogen (secondary N) is 1. The van der Waals surface area contributed by atoms with Gasteiger partial charge < -0.3 is 14.7 Å². The highest BCUT2D eigenvalue weighted by atomic mass is 32.2. The Morgan fingerprint density at radius 2 is 2.08 bits per heavy atom. The molecule has 2 aliphatic rings. The van der Waals surface area contributed by atoms with Crippen LogP contribution in [-0.4, -0.2) is 62.6 Å². The van der Waals surface area contributed by atoms with E-state index in [0.29, 0.717) is 12.5 Å². The van der Waals surface area contributed by atoms with E-state index >= 15 is 0 Å². The molecule has 1 amide bonds. The van der Waals surface area contributed by atoms with Crippen LogP contribution in [0.1, 0.15) is 23.2 Å². The third-order valence-electron chi connectivity index (χ3n) is 4.32. The van der Waals surface area contributed by atoms with Gasteiger partial charge in [0.15, 0.2) is 6.04 Å². The van der Waals surface area contributed by atoms with Crippen molar-refractivity contribution in [2.24, 2.45) is 5.92 Å². The van der Waals surface area contributed by atoms with E-state index in [0.717, 1.165) is 12.8 Å². The topological polar surface area (TPSA) is 113 Å². The van der Waals surface area contributed by atoms with Gasteiger partial charge in [0.2, 0.25) is 10.0 Å². The molecule has 8 nitrogen and oxygen atoms in total. The number of ether oxygens (including phenoxy) is 1. The summed E-state index contributed by atoms with van der Waals surface area (Å²) in [7, 11) is -3.69. The number of hydrogen-bond acceptors (Lipinski definition) is 5. The highest BCUT2D eigenvalue weighted by molar-refractivity contribution is 7.89. The van der Waals surface area contributed by atoms with E-state index in [-0.39, 0.29) is 30.2 Å². The fraction of sp³-hybridized carbons (Fsp3) is 0.500. The van der Waals surface area contributed by atoms with Crippen molar-refractivity contribution < 1.29 is 27.9 Å². The summed E-state index contributed by atoms with van der Waals surface area (Å²) in [6.07, 6.45) is 2.04. The average Bonchev–Trinajstić information content (AvgIpc) is 3.44. The average molecular weight is 368 g/mol. The molecule has 136 valence electrons. The number of sulfonamides is 1. The Morgan fingerprint density at radius 3 is 2.76 bits per heavy atom. The predicted molar refractivity (Wildman–Crippen MR) is 87.6 cm³/mol. The Hall–Kier alpha value is -1.97. The van der Waals surface area contributed by atoms with E-state index in [2.05, 4.69) is 4.72 Å². The van der Waals surface area contributed by atoms with Crippen molar-refractivity contribution >= 4 is 21.9 Å². The molecule has 3 rings (SSSR count). The number of carboxylic acid groups (broad SMARTS) is 1. The molecule has 1 aromatic rings. The number of rotatable bonds is 6. The van der Waals surface area contributed by atoms with Crippen LogP contribution in [0.2, 0.25) is 0 Å². The number of morpholine rings is 1. The maximum atomic E-state index is 12.7. The van der Waals surface area contributed by atoms with Crippen molar-refractivity contribution in [3.05, 3.63) is 29.8 Å². The lowest BCUT2D eigenvalue weighted by Crippen LogP contribution is -2.52. The number of hydrogen-bond donors (Lipinski definition) is 2. The van der Waals surface area contributed by atoms with Gasteiger partial charge in [-0.2, -0.15) is 0 Å². The van der Waals surface area contributed by atoms with E-state index in [1.807, 2.05) is 0 Å². The zero-order chi connectivity index (χ0) is 18.0. The molecule has 1 saturated heterocycles. The van der Waals surface area contributed by atoms with E-state index < -0.39 is 27.9 Å². The van der Waals surface area contributed by atoms with E-state index in [1.54, 1.807) is 0 Å². The Labute approximate surface area is 145 Å². The smallest absolute Gasteiger partial charge is 0.328 e. The van der Waals surface area contributed by atoms with Gasteiger partial charge in [0, 0.05) is 18.7 Å². The third kappa shape index (κ3) is 4.17. The standard InChI is InChI=1S/C16H20N2O6S/c19-15(18-6-7-24-10-14(18)16(20)21)12-2-1-3-13(8-12)25(22,23)17-9-11-4-5-11/h1-3,8,11,14,17H,4-7,9-10H2,(H,20,21). The van der Waals surface area contributed by atoms with Gasteiger partial charge >= 0.3 is 5.97 Å². The molecule has 1 aliphatic heterocycles. The van der Waals surface area contributed by atoms with E-state index in [1.165, 1.54) is 29.2 Å². The van der Waals surface area contributed by atoms with Crippen molar-refractivity contribution in [2.75, 3.05) is 26.3 Å². The molecule has 1 heterocycles. The Bertz CT molecular complexity index is 775. The molecular weight excluding hydrogens is 348 g/mol. The van der Waals surface area contributed by atoms with Crippen molar-refractivity contribution in [1.82, 2.24) is 9.62 Å². The third-order valence-corrected chi connectivity index (χ3v) is 5.75. The molecule has 1 aromatic carbocycles. The van der Waals surface area contributed by atoms with Gasteiger partial charge in [-0.3, -0.25) is 4.79 Å². The number of amides is 1. The van der Waals surface area contributed by atoms with Gasteiger partial charge in [-0.1, -0.05) is 6.07 Å². The zero-order valence-corrected chi connectivity index (χ0v) is 14.4. The second-order valence-electron chi connectivity index (χ2n) is 6.25. The fourth-order valence-corrected chi connectivity index (χ4v) is 3.81. The van der Waals surface area contributed by atoms with E-state index in [9.17, 15) is 23.1 Å². The number of benzene rings is 1. The quantitative estimate of drug-likeness (QED) is 0.747. The lowest BCUT2D eigenvalue weighted by atomic mass is 10.1. The van der Waals surface area contributed by atoms with Crippen LogP contribution in [0.5, 0.6) is 0 Å². The maximum absolute atomic E-state index is 12.7. The summed E-state index contributed by atoms with van der Waals surface area (Å²) >= 11 is 0. The molecular formula is C16H20N2O6S. The molecule has 1 aliphatic carbocycles. The summed E-state index contributed by atoms with van der Waals surface area (Å²) in [4.78, 5) is 25.2. The van der Waals surface area contributed by atoms with Gasteiger partial charge in [0.05, 0.1) is 18.1 Å². The molecule has 0 radical (unpaired) electrons. The van der Waals surface area contributed by atoms with E-state index in [4.69, 9.17) is 4.74 Å². The first-order valence-corrected chi connectivity index (χ1v) is 9.58. The summed E-state index contributed by atoms with van der Waals surface area (Å²) < 4.78 is 32.3. The second kappa shape index (κ2) is 7.11. The van der Waals surface area contributed by atoms with Crippen LogP contribution >= 0.6 is 0 Å². The molecule has 0 aromatic heterocycles. The fourth-order valence-electron chi connectivity index (χ4n) is 2.65. The maximum Gasteiger partial charge on any atom is 0.328 e. The Balaban J connectivity index is 1.80. The van der Waals surface area contributed by atoms with Crippen LogP contribution in [0, 0.1) is 5.92 Å². The zero-order valence-electron chi connectivity index (χ0n) is 13.6. The van der Waals surface area contributed by atoms with Crippen LogP contribution in [0.4, 0.5) is 0 Å². The van der Waals surface area contributed by atoms with Gasteiger partial charge in [0.25, 0.3) is 5.91 Å². The van der Waals surface area contributed by atoms with Crippen LogP contribution in [0.25, 0.3) is 0 Å². The normalized spacial score (nSPS) is 21.1. The van der Waals surface area contributed by atoms with Gasteiger partial charge in [-0.15, -0.1) is 0 Å².